The monoisotopic (exact) mass is 496 g/mol. The van der Waals surface area contributed by atoms with Crippen molar-refractivity contribution in [3.63, 3.8) is 0 Å². The highest BCUT2D eigenvalue weighted by molar-refractivity contribution is 7.92. The third-order valence-electron chi connectivity index (χ3n) is 5.54. The molecule has 3 aromatic carbocycles. The Kier molecular flexibility index (Phi) is 8.00. The van der Waals surface area contributed by atoms with Gasteiger partial charge in [-0.3, -0.25) is 4.72 Å². The van der Waals surface area contributed by atoms with E-state index in [9.17, 15) is 8.42 Å². The molecule has 0 spiro atoms. The topological polar surface area (TPSA) is 90.6 Å². The molecule has 0 unspecified atom stereocenters. The number of anilines is 2. The third kappa shape index (κ3) is 7.65. The molecule has 35 heavy (non-hydrogen) atoms. The van der Waals surface area contributed by atoms with Gasteiger partial charge in [-0.25, -0.2) is 8.42 Å². The normalized spacial score (nSPS) is 12.3. The minimum absolute atomic E-state index is 0.0727. The van der Waals surface area contributed by atoms with E-state index in [0.717, 1.165) is 12.2 Å². The van der Waals surface area contributed by atoms with Crippen molar-refractivity contribution >= 4 is 21.4 Å². The third-order valence-corrected chi connectivity index (χ3v) is 6.92. The number of benzene rings is 3. The maximum absolute atomic E-state index is 12.7. The second-order valence-corrected chi connectivity index (χ2v) is 12.2. The molecule has 0 fully saturated rings. The van der Waals surface area contributed by atoms with E-state index < -0.39 is 10.0 Å². The number of nitrogens with one attached hydrogen (secondary N) is 1. The van der Waals surface area contributed by atoms with Crippen molar-refractivity contribution < 1.29 is 17.9 Å². The Morgan fingerprint density at radius 1 is 0.800 bits per heavy atom. The van der Waals surface area contributed by atoms with Crippen LogP contribution in [0.2, 0.25) is 0 Å². The lowest BCUT2D eigenvalue weighted by Crippen LogP contribution is -2.24. The van der Waals surface area contributed by atoms with E-state index in [2.05, 4.69) is 51.5 Å². The van der Waals surface area contributed by atoms with Crippen molar-refractivity contribution in [3.8, 4) is 11.5 Å². The van der Waals surface area contributed by atoms with Crippen molar-refractivity contribution in [2.24, 2.45) is 5.41 Å². The Hall–Kier alpha value is -3.19. The summed E-state index contributed by atoms with van der Waals surface area (Å²) < 4.78 is 39.7. The molecular weight excluding hydrogens is 460 g/mol. The molecule has 0 radical (unpaired) electrons. The van der Waals surface area contributed by atoms with Crippen LogP contribution in [0.15, 0.2) is 77.7 Å². The molecule has 0 saturated heterocycles. The fraction of sp³-hybridized carbons (Fsp3) is 0.357. The predicted octanol–water partition coefficient (Wildman–Crippen LogP) is 6.24. The van der Waals surface area contributed by atoms with E-state index in [0.29, 0.717) is 23.7 Å². The van der Waals surface area contributed by atoms with Crippen LogP contribution in [0.4, 0.5) is 11.4 Å². The second-order valence-electron chi connectivity index (χ2n) is 10.5. The minimum atomic E-state index is -3.77. The first-order valence-electron chi connectivity index (χ1n) is 11.7. The number of rotatable bonds is 10. The van der Waals surface area contributed by atoms with Gasteiger partial charge in [0, 0.05) is 5.69 Å². The molecule has 0 aliphatic heterocycles. The lowest BCUT2D eigenvalue weighted by molar-refractivity contribution is 0.217. The summed E-state index contributed by atoms with van der Waals surface area (Å²) in [5.41, 5.74) is 8.10. The molecule has 0 aromatic heterocycles. The maximum atomic E-state index is 12.7. The Morgan fingerprint density at radius 2 is 1.40 bits per heavy atom. The van der Waals surface area contributed by atoms with Crippen molar-refractivity contribution in [1.29, 1.82) is 0 Å². The molecule has 0 amide bonds. The van der Waals surface area contributed by atoms with Crippen LogP contribution in [-0.2, 0) is 15.4 Å². The minimum Gasteiger partial charge on any atom is -0.490 e. The molecule has 3 N–H and O–H groups in total. The van der Waals surface area contributed by atoms with Crippen molar-refractivity contribution in [1.82, 2.24) is 0 Å². The molecule has 7 heteroatoms. The lowest BCUT2D eigenvalue weighted by atomic mass is 9.72. The Bertz CT molecular complexity index is 1210. The zero-order valence-corrected chi connectivity index (χ0v) is 22.0. The van der Waals surface area contributed by atoms with Crippen LogP contribution in [0, 0.1) is 5.41 Å². The summed E-state index contributed by atoms with van der Waals surface area (Å²) in [7, 11) is -3.77. The van der Waals surface area contributed by atoms with Crippen molar-refractivity contribution in [2.45, 2.75) is 51.3 Å². The van der Waals surface area contributed by atoms with Gasteiger partial charge in [0.1, 0.15) is 24.7 Å². The molecular formula is C28H36N2O4S. The first-order valence-corrected chi connectivity index (χ1v) is 13.2. The first kappa shape index (κ1) is 26.4. The number of nitrogen functional groups attached to an aromatic ring is 1. The smallest absolute Gasteiger partial charge is 0.262 e. The molecule has 188 valence electrons. The number of nitrogens with two attached hydrogens (primary N) is 1. The van der Waals surface area contributed by atoms with Gasteiger partial charge in [-0.05, 0) is 71.3 Å². The van der Waals surface area contributed by atoms with Crippen LogP contribution in [0.5, 0.6) is 11.5 Å². The average molecular weight is 497 g/mol. The van der Waals surface area contributed by atoms with E-state index in [1.165, 1.54) is 17.7 Å². The van der Waals surface area contributed by atoms with Gasteiger partial charge in [-0.1, -0.05) is 58.9 Å². The van der Waals surface area contributed by atoms with Crippen LogP contribution >= 0.6 is 0 Å². The maximum Gasteiger partial charge on any atom is 0.262 e. The fourth-order valence-electron chi connectivity index (χ4n) is 4.27. The lowest BCUT2D eigenvalue weighted by Gasteiger charge is -2.33. The number of sulfonamides is 1. The zero-order valence-electron chi connectivity index (χ0n) is 21.2. The Morgan fingerprint density at radius 3 is 2.03 bits per heavy atom. The van der Waals surface area contributed by atoms with E-state index >= 15 is 0 Å². The highest BCUT2D eigenvalue weighted by Crippen LogP contribution is 2.36. The van der Waals surface area contributed by atoms with Crippen LogP contribution < -0.4 is 19.9 Å². The average Bonchev–Trinajstić information content (AvgIpc) is 2.76. The largest absolute Gasteiger partial charge is 0.490 e. The quantitative estimate of drug-likeness (QED) is 0.256. The first-order chi connectivity index (χ1) is 16.4. The molecule has 6 nitrogen and oxygen atoms in total. The van der Waals surface area contributed by atoms with Crippen LogP contribution in [0.25, 0.3) is 0 Å². The summed E-state index contributed by atoms with van der Waals surface area (Å²) in [4.78, 5) is 0.124. The highest BCUT2D eigenvalue weighted by atomic mass is 32.2. The Balaban J connectivity index is 1.57. The second kappa shape index (κ2) is 10.6. The summed E-state index contributed by atoms with van der Waals surface area (Å²) in [5, 5.41) is 0. The van der Waals surface area contributed by atoms with Gasteiger partial charge >= 0.3 is 0 Å². The summed E-state index contributed by atoms with van der Waals surface area (Å²) in [6, 6.07) is 21.1. The van der Waals surface area contributed by atoms with Gasteiger partial charge in [0.05, 0.1) is 10.6 Å². The van der Waals surface area contributed by atoms with E-state index in [4.69, 9.17) is 15.2 Å². The van der Waals surface area contributed by atoms with Gasteiger partial charge in [0.2, 0.25) is 0 Å². The van der Waals surface area contributed by atoms with Crippen LogP contribution in [0.1, 0.15) is 46.6 Å². The highest BCUT2D eigenvalue weighted by Gasteiger charge is 2.27. The molecule has 0 atom stereocenters. The molecule has 3 aromatic rings. The van der Waals surface area contributed by atoms with Gasteiger partial charge in [-0.15, -0.1) is 0 Å². The summed E-state index contributed by atoms with van der Waals surface area (Å²) in [6.45, 7) is 11.9. The van der Waals surface area contributed by atoms with Crippen molar-refractivity contribution in [3.05, 3.63) is 78.4 Å². The molecule has 0 aliphatic carbocycles. The molecule has 0 aliphatic rings. The SMILES string of the molecule is CC(C)(C)CC(C)(C)c1ccc(OCCOc2ccccc2NS(=O)(=O)c2ccc(N)cc2)cc1. The molecule has 0 saturated carbocycles. The molecule has 0 heterocycles. The summed E-state index contributed by atoms with van der Waals surface area (Å²) in [6.07, 6.45) is 1.08. The number of hydrogen-bond donors (Lipinski definition) is 2. The number of para-hydroxylation sites is 2. The van der Waals surface area contributed by atoms with Gasteiger partial charge in [-0.2, -0.15) is 0 Å². The summed E-state index contributed by atoms with van der Waals surface area (Å²) >= 11 is 0. The van der Waals surface area contributed by atoms with Crippen LogP contribution in [0.3, 0.4) is 0 Å². The van der Waals surface area contributed by atoms with Crippen LogP contribution in [-0.4, -0.2) is 21.6 Å². The van der Waals surface area contributed by atoms with E-state index in [-0.39, 0.29) is 22.3 Å². The predicted molar refractivity (Wildman–Crippen MR) is 143 cm³/mol. The van der Waals surface area contributed by atoms with E-state index in [1.54, 1.807) is 36.4 Å². The van der Waals surface area contributed by atoms with Gasteiger partial charge in [0.15, 0.2) is 0 Å². The van der Waals surface area contributed by atoms with Crippen molar-refractivity contribution in [2.75, 3.05) is 23.7 Å². The number of ether oxygens (including phenoxy) is 2. The summed E-state index contributed by atoms with van der Waals surface area (Å²) in [5.74, 6) is 1.19. The molecule has 3 rings (SSSR count). The standard InChI is InChI=1S/C28H36N2O4S/c1-27(2,3)20-28(4,5)21-10-14-23(15-11-21)33-18-19-34-26-9-7-6-8-25(26)30-35(31,32)24-16-12-22(29)13-17-24/h6-17,30H,18-20,29H2,1-5H3. The number of hydrogen-bond acceptors (Lipinski definition) is 5. The van der Waals surface area contributed by atoms with Gasteiger partial charge < -0.3 is 15.2 Å². The fourth-order valence-corrected chi connectivity index (χ4v) is 5.34. The van der Waals surface area contributed by atoms with Gasteiger partial charge in [0.25, 0.3) is 10.0 Å². The molecule has 0 bridgehead atoms. The zero-order chi connectivity index (χ0) is 25.7. The Labute approximate surface area is 209 Å². The van der Waals surface area contributed by atoms with E-state index in [1.807, 2.05) is 12.1 Å².